The quantitative estimate of drug-likeness (QED) is 0.472. The average molecular weight is 435 g/mol. The van der Waals surface area contributed by atoms with Crippen LogP contribution < -0.4 is 10.3 Å². The van der Waals surface area contributed by atoms with E-state index in [0.29, 0.717) is 19.0 Å². The van der Waals surface area contributed by atoms with E-state index < -0.39 is 0 Å². The molecule has 2 saturated heterocycles. The molecular weight excluding hydrogens is 404 g/mol. The van der Waals surface area contributed by atoms with E-state index in [-0.39, 0.29) is 6.10 Å². The molecule has 168 valence electrons. The van der Waals surface area contributed by atoms with Crippen molar-refractivity contribution < 1.29 is 9.47 Å². The van der Waals surface area contributed by atoms with Gasteiger partial charge in [0.25, 0.3) is 0 Å². The molecule has 1 atom stereocenters. The summed E-state index contributed by atoms with van der Waals surface area (Å²) in [5.74, 6) is 0.708. The Balaban J connectivity index is 1.48. The molecule has 2 aromatic heterocycles. The number of rotatable bonds is 6. The normalized spacial score (nSPS) is 19.6. The second-order valence-corrected chi connectivity index (χ2v) is 8.51. The van der Waals surface area contributed by atoms with Gasteiger partial charge in [-0.3, -0.25) is 5.43 Å². The van der Waals surface area contributed by atoms with Crippen molar-refractivity contribution in [3.05, 3.63) is 47.8 Å². The first-order valence-corrected chi connectivity index (χ1v) is 11.3. The van der Waals surface area contributed by atoms with Crippen LogP contribution in [0.5, 0.6) is 0 Å². The largest absolute Gasteiger partial charge is 0.378 e. The highest BCUT2D eigenvalue weighted by Gasteiger charge is 2.22. The molecule has 0 saturated carbocycles. The van der Waals surface area contributed by atoms with Crippen molar-refractivity contribution in [3.8, 4) is 0 Å². The molecule has 2 aliphatic rings. The Kier molecular flexibility index (Phi) is 6.05. The van der Waals surface area contributed by atoms with Crippen LogP contribution in [0.2, 0.25) is 0 Å². The highest BCUT2D eigenvalue weighted by Crippen LogP contribution is 2.29. The van der Waals surface area contributed by atoms with Crippen molar-refractivity contribution in [2.75, 3.05) is 43.2 Å². The molecule has 0 amide bonds. The van der Waals surface area contributed by atoms with Gasteiger partial charge in [-0.25, -0.2) is 9.97 Å². The summed E-state index contributed by atoms with van der Waals surface area (Å²) < 4.78 is 13.5. The minimum atomic E-state index is 0.222. The van der Waals surface area contributed by atoms with Gasteiger partial charge in [-0.1, -0.05) is 29.8 Å². The summed E-state index contributed by atoms with van der Waals surface area (Å²) in [6.45, 7) is 8.80. The highest BCUT2D eigenvalue weighted by atomic mass is 16.5. The van der Waals surface area contributed by atoms with Crippen LogP contribution in [0.1, 0.15) is 30.9 Å². The molecule has 8 nitrogen and oxygen atoms in total. The first-order valence-electron chi connectivity index (χ1n) is 11.3. The summed E-state index contributed by atoms with van der Waals surface area (Å²) >= 11 is 0. The van der Waals surface area contributed by atoms with Gasteiger partial charge in [0, 0.05) is 25.8 Å². The Bertz CT molecular complexity index is 1110. The van der Waals surface area contributed by atoms with Gasteiger partial charge in [-0.15, -0.1) is 0 Å². The second kappa shape index (κ2) is 9.26. The molecular formula is C24H30N6O2. The van der Waals surface area contributed by atoms with Crippen molar-refractivity contribution in [1.82, 2.24) is 14.5 Å². The van der Waals surface area contributed by atoms with Crippen molar-refractivity contribution in [3.63, 3.8) is 0 Å². The number of anilines is 2. The molecule has 0 unspecified atom stereocenters. The number of hydrogen-bond donors (Lipinski definition) is 1. The summed E-state index contributed by atoms with van der Waals surface area (Å²) in [5.41, 5.74) is 9.24. The Hall–Kier alpha value is -2.97. The Morgan fingerprint density at radius 3 is 2.88 bits per heavy atom. The molecule has 1 N–H and O–H groups in total. The van der Waals surface area contributed by atoms with Gasteiger partial charge in [-0.05, 0) is 32.3 Å². The Morgan fingerprint density at radius 2 is 2.09 bits per heavy atom. The van der Waals surface area contributed by atoms with E-state index >= 15 is 0 Å². The van der Waals surface area contributed by atoms with Gasteiger partial charge < -0.3 is 18.9 Å². The lowest BCUT2D eigenvalue weighted by Gasteiger charge is -2.29. The third kappa shape index (κ3) is 4.47. The summed E-state index contributed by atoms with van der Waals surface area (Å²) in [6, 6.07) is 10.4. The van der Waals surface area contributed by atoms with E-state index in [9.17, 15) is 0 Å². The number of nitrogens with one attached hydrogen (secondary N) is 1. The van der Waals surface area contributed by atoms with Crippen LogP contribution in [-0.4, -0.2) is 59.3 Å². The van der Waals surface area contributed by atoms with E-state index in [0.717, 1.165) is 67.2 Å². The first-order chi connectivity index (χ1) is 15.7. The SMILES string of the molecule is C/C(=N\Nc1cc(N2CCOCC2)c2ncn(C[C@@H]3CCCO3)c2n1)c1cccc(C)c1. The van der Waals surface area contributed by atoms with Crippen molar-refractivity contribution in [2.24, 2.45) is 5.10 Å². The molecule has 3 aromatic rings. The number of hydrogen-bond acceptors (Lipinski definition) is 7. The van der Waals surface area contributed by atoms with Crippen molar-refractivity contribution in [2.45, 2.75) is 39.3 Å². The third-order valence-electron chi connectivity index (χ3n) is 6.10. The second-order valence-electron chi connectivity index (χ2n) is 8.51. The van der Waals surface area contributed by atoms with Gasteiger partial charge in [-0.2, -0.15) is 5.10 Å². The summed E-state index contributed by atoms with van der Waals surface area (Å²) in [5, 5.41) is 4.62. The molecule has 0 spiro atoms. The lowest BCUT2D eigenvalue weighted by molar-refractivity contribution is 0.0978. The lowest BCUT2D eigenvalue weighted by atomic mass is 10.1. The predicted octanol–water partition coefficient (Wildman–Crippen LogP) is 3.59. The minimum absolute atomic E-state index is 0.222. The smallest absolute Gasteiger partial charge is 0.164 e. The fraction of sp³-hybridized carbons (Fsp3) is 0.458. The highest BCUT2D eigenvalue weighted by molar-refractivity contribution is 5.99. The number of benzene rings is 1. The summed E-state index contributed by atoms with van der Waals surface area (Å²) in [7, 11) is 0. The van der Waals surface area contributed by atoms with E-state index in [1.807, 2.05) is 25.4 Å². The number of aryl methyl sites for hydroxylation is 1. The standard InChI is InChI=1S/C24H30N6O2/c1-17-5-3-6-19(13-17)18(2)27-28-22-14-21(29-8-11-31-12-9-29)23-24(26-22)30(16-25-23)15-20-7-4-10-32-20/h3,5-6,13-14,16,20H,4,7-12,15H2,1-2H3,(H,26,28)/b27-18+/t20-/m0/s1. The van der Waals surface area contributed by atoms with E-state index in [1.54, 1.807) is 0 Å². The summed E-state index contributed by atoms with van der Waals surface area (Å²) in [6.07, 6.45) is 4.30. The Labute approximate surface area is 188 Å². The average Bonchev–Trinajstić information content (AvgIpc) is 3.48. The molecule has 5 rings (SSSR count). The van der Waals surface area contributed by atoms with E-state index in [1.165, 1.54) is 5.56 Å². The van der Waals surface area contributed by atoms with Gasteiger partial charge >= 0.3 is 0 Å². The van der Waals surface area contributed by atoms with Crippen LogP contribution >= 0.6 is 0 Å². The maximum atomic E-state index is 5.85. The number of aromatic nitrogens is 3. The van der Waals surface area contributed by atoms with Crippen LogP contribution in [0.3, 0.4) is 0 Å². The number of nitrogens with zero attached hydrogens (tertiary/aromatic N) is 5. The topological polar surface area (TPSA) is 76.8 Å². The summed E-state index contributed by atoms with van der Waals surface area (Å²) in [4.78, 5) is 11.9. The molecule has 1 aromatic carbocycles. The van der Waals surface area contributed by atoms with Crippen LogP contribution in [-0.2, 0) is 16.0 Å². The van der Waals surface area contributed by atoms with Crippen molar-refractivity contribution in [1.29, 1.82) is 0 Å². The number of imidazole rings is 1. The van der Waals surface area contributed by atoms with Crippen molar-refractivity contribution >= 4 is 28.4 Å². The minimum Gasteiger partial charge on any atom is -0.378 e. The van der Waals surface area contributed by atoms with Gasteiger partial charge in [0.1, 0.15) is 5.52 Å². The third-order valence-corrected chi connectivity index (χ3v) is 6.10. The van der Waals surface area contributed by atoms with E-state index in [4.69, 9.17) is 19.4 Å². The van der Waals surface area contributed by atoms with Crippen LogP contribution in [0.15, 0.2) is 41.8 Å². The van der Waals surface area contributed by atoms with Crippen LogP contribution in [0.4, 0.5) is 11.5 Å². The number of fused-ring (bicyclic) bond motifs is 1. The van der Waals surface area contributed by atoms with Gasteiger partial charge in [0.05, 0.1) is 43.6 Å². The van der Waals surface area contributed by atoms with E-state index in [2.05, 4.69) is 45.1 Å². The predicted molar refractivity (Wildman–Crippen MR) is 127 cm³/mol. The molecule has 0 radical (unpaired) electrons. The fourth-order valence-electron chi connectivity index (χ4n) is 4.34. The monoisotopic (exact) mass is 434 g/mol. The van der Waals surface area contributed by atoms with Gasteiger partial charge in [0.2, 0.25) is 0 Å². The van der Waals surface area contributed by atoms with Gasteiger partial charge in [0.15, 0.2) is 11.5 Å². The number of pyridine rings is 1. The van der Waals surface area contributed by atoms with Crippen LogP contribution in [0, 0.1) is 6.92 Å². The zero-order valence-corrected chi connectivity index (χ0v) is 18.8. The molecule has 4 heterocycles. The molecule has 0 bridgehead atoms. The molecule has 0 aliphatic carbocycles. The molecule has 2 fully saturated rings. The molecule has 2 aliphatic heterocycles. The number of morpholine rings is 1. The lowest BCUT2D eigenvalue weighted by Crippen LogP contribution is -2.36. The zero-order valence-electron chi connectivity index (χ0n) is 18.8. The fourth-order valence-corrected chi connectivity index (χ4v) is 4.34. The maximum Gasteiger partial charge on any atom is 0.164 e. The maximum absolute atomic E-state index is 5.85. The molecule has 32 heavy (non-hydrogen) atoms. The first kappa shape index (κ1) is 20.9. The zero-order chi connectivity index (χ0) is 21.9. The number of ether oxygens (including phenoxy) is 2. The molecule has 8 heteroatoms. The van der Waals surface area contributed by atoms with Crippen LogP contribution in [0.25, 0.3) is 11.2 Å². The Morgan fingerprint density at radius 1 is 1.22 bits per heavy atom. The number of hydrazone groups is 1.